The van der Waals surface area contributed by atoms with Crippen LogP contribution in [0.5, 0.6) is 0 Å². The zero-order valence-electron chi connectivity index (χ0n) is 10.1. The Morgan fingerprint density at radius 1 is 1.50 bits per heavy atom. The first-order chi connectivity index (χ1) is 8.60. The van der Waals surface area contributed by atoms with E-state index in [2.05, 4.69) is 36.7 Å². The fourth-order valence-corrected chi connectivity index (χ4v) is 2.26. The van der Waals surface area contributed by atoms with Gasteiger partial charge in [-0.25, -0.2) is 4.39 Å². The van der Waals surface area contributed by atoms with E-state index in [0.717, 1.165) is 10.0 Å². The molecule has 5 nitrogen and oxygen atoms in total. The van der Waals surface area contributed by atoms with E-state index in [1.165, 1.54) is 16.9 Å². The van der Waals surface area contributed by atoms with Crippen LogP contribution in [0, 0.1) is 5.82 Å². The van der Waals surface area contributed by atoms with Crippen LogP contribution in [0.15, 0.2) is 22.7 Å². The van der Waals surface area contributed by atoms with Crippen molar-refractivity contribution in [3.8, 4) is 0 Å². The molecule has 0 saturated heterocycles. The van der Waals surface area contributed by atoms with Crippen molar-refractivity contribution in [3.05, 3.63) is 39.9 Å². The van der Waals surface area contributed by atoms with Crippen molar-refractivity contribution in [1.29, 1.82) is 0 Å². The minimum Gasteiger partial charge on any atom is -0.313 e. The molecule has 0 aliphatic heterocycles. The lowest BCUT2D eigenvalue weighted by Gasteiger charge is -2.16. The first kappa shape index (κ1) is 13.1. The van der Waals surface area contributed by atoms with E-state index in [1.807, 2.05) is 7.05 Å². The van der Waals surface area contributed by atoms with Crippen molar-refractivity contribution >= 4 is 15.9 Å². The van der Waals surface area contributed by atoms with E-state index >= 15 is 0 Å². The molecule has 2 aromatic rings. The predicted octanol–water partition coefficient (Wildman–Crippen LogP) is 1.61. The Bertz CT molecular complexity index is 542. The fourth-order valence-electron chi connectivity index (χ4n) is 1.74. The van der Waals surface area contributed by atoms with Gasteiger partial charge in [0.05, 0.1) is 7.05 Å². The van der Waals surface area contributed by atoms with Crippen LogP contribution in [0.25, 0.3) is 0 Å². The van der Waals surface area contributed by atoms with Crippen LogP contribution in [-0.4, -0.2) is 27.3 Å². The Kier molecular flexibility index (Phi) is 4.03. The molecule has 0 aliphatic carbocycles. The molecule has 1 atom stereocenters. The molecule has 2 rings (SSSR count). The minimum absolute atomic E-state index is 0.0701. The standard InChI is InChI=1S/C11H13BrFN5/c1-14-10(6-11-15-17-18(2)16-11)8-5-7(13)3-4-9(8)12/h3-5,10,14H,6H2,1-2H3. The summed E-state index contributed by atoms with van der Waals surface area (Å²) >= 11 is 3.42. The van der Waals surface area contributed by atoms with E-state index < -0.39 is 0 Å². The Labute approximate surface area is 113 Å². The third-order valence-corrected chi connectivity index (χ3v) is 3.34. The highest BCUT2D eigenvalue weighted by atomic mass is 79.9. The van der Waals surface area contributed by atoms with Gasteiger partial charge in [-0.1, -0.05) is 15.9 Å². The number of hydrogen-bond acceptors (Lipinski definition) is 4. The summed E-state index contributed by atoms with van der Waals surface area (Å²) in [7, 11) is 3.53. The summed E-state index contributed by atoms with van der Waals surface area (Å²) in [4.78, 5) is 1.41. The highest BCUT2D eigenvalue weighted by Crippen LogP contribution is 2.26. The summed E-state index contributed by atoms with van der Waals surface area (Å²) in [5.41, 5.74) is 0.838. The van der Waals surface area contributed by atoms with Gasteiger partial charge in [-0.15, -0.1) is 10.2 Å². The van der Waals surface area contributed by atoms with Crippen LogP contribution in [-0.2, 0) is 13.5 Å². The van der Waals surface area contributed by atoms with E-state index in [-0.39, 0.29) is 11.9 Å². The van der Waals surface area contributed by atoms with Gasteiger partial charge in [0.2, 0.25) is 0 Å². The molecule has 7 heteroatoms. The fraction of sp³-hybridized carbons (Fsp3) is 0.364. The summed E-state index contributed by atoms with van der Waals surface area (Å²) in [6.07, 6.45) is 0.548. The van der Waals surface area contributed by atoms with Gasteiger partial charge >= 0.3 is 0 Å². The molecule has 96 valence electrons. The van der Waals surface area contributed by atoms with Gasteiger partial charge in [-0.3, -0.25) is 0 Å². The van der Waals surface area contributed by atoms with E-state index in [1.54, 1.807) is 13.1 Å². The normalized spacial score (nSPS) is 12.7. The minimum atomic E-state index is -0.263. The predicted molar refractivity (Wildman–Crippen MR) is 68.4 cm³/mol. The van der Waals surface area contributed by atoms with E-state index in [0.29, 0.717) is 12.2 Å². The van der Waals surface area contributed by atoms with Gasteiger partial charge in [0.25, 0.3) is 0 Å². The Morgan fingerprint density at radius 2 is 2.28 bits per heavy atom. The lowest BCUT2D eigenvalue weighted by molar-refractivity contribution is 0.559. The Hall–Kier alpha value is -1.34. The molecule has 1 heterocycles. The summed E-state index contributed by atoms with van der Waals surface area (Å²) < 4.78 is 14.1. The number of halogens is 2. The molecule has 0 aliphatic rings. The average Bonchev–Trinajstić information content (AvgIpc) is 2.75. The third-order valence-electron chi connectivity index (χ3n) is 2.62. The maximum atomic E-state index is 13.3. The molecule has 0 bridgehead atoms. The lowest BCUT2D eigenvalue weighted by Crippen LogP contribution is -2.20. The number of nitrogens with zero attached hydrogens (tertiary/aromatic N) is 4. The van der Waals surface area contributed by atoms with Crippen molar-refractivity contribution in [2.45, 2.75) is 12.5 Å². The summed E-state index contributed by atoms with van der Waals surface area (Å²) in [6, 6.07) is 4.54. The van der Waals surface area contributed by atoms with Gasteiger partial charge in [0.15, 0.2) is 5.82 Å². The van der Waals surface area contributed by atoms with Crippen molar-refractivity contribution in [2.24, 2.45) is 7.05 Å². The smallest absolute Gasteiger partial charge is 0.176 e. The van der Waals surface area contributed by atoms with Gasteiger partial charge in [0.1, 0.15) is 5.82 Å². The van der Waals surface area contributed by atoms with Gasteiger partial charge in [-0.05, 0) is 36.0 Å². The van der Waals surface area contributed by atoms with Crippen LogP contribution in [0.2, 0.25) is 0 Å². The van der Waals surface area contributed by atoms with Crippen LogP contribution in [0.3, 0.4) is 0 Å². The number of rotatable bonds is 4. The number of tetrazole rings is 1. The molecule has 0 fully saturated rings. The van der Waals surface area contributed by atoms with Gasteiger partial charge in [-0.2, -0.15) is 4.80 Å². The topological polar surface area (TPSA) is 55.6 Å². The molecule has 1 aromatic heterocycles. The first-order valence-corrected chi connectivity index (χ1v) is 6.24. The van der Waals surface area contributed by atoms with Gasteiger partial charge < -0.3 is 5.32 Å². The number of benzene rings is 1. The molecular weight excluding hydrogens is 301 g/mol. The number of hydrogen-bond donors (Lipinski definition) is 1. The zero-order valence-corrected chi connectivity index (χ0v) is 11.6. The quantitative estimate of drug-likeness (QED) is 0.932. The summed E-state index contributed by atoms with van der Waals surface area (Å²) in [5.74, 6) is 0.355. The van der Waals surface area contributed by atoms with Crippen LogP contribution < -0.4 is 5.32 Å². The Morgan fingerprint density at radius 3 is 2.89 bits per heavy atom. The molecule has 0 spiro atoms. The van der Waals surface area contributed by atoms with E-state index in [9.17, 15) is 4.39 Å². The number of aryl methyl sites for hydroxylation is 1. The zero-order chi connectivity index (χ0) is 13.1. The highest BCUT2D eigenvalue weighted by Gasteiger charge is 2.16. The molecule has 1 unspecified atom stereocenters. The second-order valence-corrected chi connectivity index (χ2v) is 4.76. The number of likely N-dealkylation sites (N-methyl/N-ethyl adjacent to an activating group) is 1. The van der Waals surface area contributed by atoms with Crippen molar-refractivity contribution in [1.82, 2.24) is 25.5 Å². The number of nitrogens with one attached hydrogen (secondary N) is 1. The molecular formula is C11H13BrFN5. The first-order valence-electron chi connectivity index (χ1n) is 5.45. The second kappa shape index (κ2) is 5.53. The van der Waals surface area contributed by atoms with Crippen LogP contribution >= 0.6 is 15.9 Å². The van der Waals surface area contributed by atoms with Crippen LogP contribution in [0.4, 0.5) is 4.39 Å². The molecule has 1 aromatic carbocycles. The molecule has 1 N–H and O–H groups in total. The van der Waals surface area contributed by atoms with Crippen molar-refractivity contribution < 1.29 is 4.39 Å². The maximum Gasteiger partial charge on any atom is 0.176 e. The largest absolute Gasteiger partial charge is 0.313 e. The average molecular weight is 314 g/mol. The summed E-state index contributed by atoms with van der Waals surface area (Å²) in [6.45, 7) is 0. The van der Waals surface area contributed by atoms with Crippen LogP contribution in [0.1, 0.15) is 17.4 Å². The van der Waals surface area contributed by atoms with Gasteiger partial charge in [0, 0.05) is 16.9 Å². The summed E-state index contributed by atoms with van der Waals surface area (Å²) in [5, 5.41) is 15.0. The monoisotopic (exact) mass is 313 g/mol. The third kappa shape index (κ3) is 2.91. The maximum absolute atomic E-state index is 13.3. The second-order valence-electron chi connectivity index (χ2n) is 3.91. The van der Waals surface area contributed by atoms with E-state index in [4.69, 9.17) is 0 Å². The number of aromatic nitrogens is 4. The van der Waals surface area contributed by atoms with Crippen molar-refractivity contribution in [3.63, 3.8) is 0 Å². The molecule has 0 saturated carbocycles. The Balaban J connectivity index is 2.25. The lowest BCUT2D eigenvalue weighted by atomic mass is 10.0. The highest BCUT2D eigenvalue weighted by molar-refractivity contribution is 9.10. The van der Waals surface area contributed by atoms with Crippen molar-refractivity contribution in [2.75, 3.05) is 7.05 Å². The molecule has 18 heavy (non-hydrogen) atoms. The SMILES string of the molecule is CNC(Cc1nnn(C)n1)c1cc(F)ccc1Br. The molecule has 0 amide bonds. The molecule has 0 radical (unpaired) electrons.